The van der Waals surface area contributed by atoms with Crippen LogP contribution in [0.4, 0.5) is 0 Å². The molecule has 0 aliphatic carbocycles. The third-order valence-electron chi connectivity index (χ3n) is 2.71. The van der Waals surface area contributed by atoms with E-state index in [-0.39, 0.29) is 12.3 Å². The maximum Gasteiger partial charge on any atom is 0.312 e. The van der Waals surface area contributed by atoms with Gasteiger partial charge in [-0.1, -0.05) is 12.1 Å². The number of rotatable bonds is 7. The van der Waals surface area contributed by atoms with Gasteiger partial charge < -0.3 is 10.1 Å². The molecule has 1 N–H and O–H groups in total. The number of aromatic nitrogens is 1. The van der Waals surface area contributed by atoms with Gasteiger partial charge in [-0.2, -0.15) is 0 Å². The van der Waals surface area contributed by atoms with Gasteiger partial charge in [0.25, 0.3) is 5.91 Å². The zero-order valence-electron chi connectivity index (χ0n) is 12.1. The summed E-state index contributed by atoms with van der Waals surface area (Å²) in [4.78, 5) is 28.9. The van der Waals surface area contributed by atoms with Crippen LogP contribution in [0.3, 0.4) is 0 Å². The van der Waals surface area contributed by atoms with Gasteiger partial charge in [0.1, 0.15) is 5.01 Å². The number of hydrogen-bond donors (Lipinski definition) is 1. The predicted octanol–water partition coefficient (Wildman–Crippen LogP) is 2.65. The number of carbonyl (C=O) groups excluding carboxylic acids is 2. The van der Waals surface area contributed by atoms with Crippen LogP contribution in [0.1, 0.15) is 12.6 Å². The second-order valence-corrected chi connectivity index (χ2v) is 6.27. The molecule has 0 bridgehead atoms. The van der Waals surface area contributed by atoms with Crippen molar-refractivity contribution in [2.75, 3.05) is 6.54 Å². The number of nitrogens with zero attached hydrogens (tertiary/aromatic N) is 1. The third kappa shape index (κ3) is 4.51. The van der Waals surface area contributed by atoms with E-state index in [2.05, 4.69) is 16.9 Å². The molecule has 2 aromatic rings. The third-order valence-corrected chi connectivity index (χ3v) is 4.64. The molecule has 0 saturated heterocycles. The number of esters is 1. The smallest absolute Gasteiger partial charge is 0.312 e. The van der Waals surface area contributed by atoms with Gasteiger partial charge in [-0.05, 0) is 18.4 Å². The molecule has 0 fully saturated rings. The molecule has 22 heavy (non-hydrogen) atoms. The molecular weight excluding hydrogens is 320 g/mol. The van der Waals surface area contributed by atoms with Crippen molar-refractivity contribution in [2.45, 2.75) is 19.4 Å². The highest BCUT2D eigenvalue weighted by atomic mass is 32.1. The monoisotopic (exact) mass is 336 g/mol. The lowest BCUT2D eigenvalue weighted by atomic mass is 10.3. The molecule has 0 aliphatic rings. The van der Waals surface area contributed by atoms with Crippen LogP contribution in [0, 0.1) is 0 Å². The summed E-state index contributed by atoms with van der Waals surface area (Å²) in [6, 6.07) is 3.94. The molecule has 0 radical (unpaired) electrons. The molecule has 116 valence electrons. The van der Waals surface area contributed by atoms with Crippen molar-refractivity contribution in [2.24, 2.45) is 0 Å². The van der Waals surface area contributed by atoms with Crippen LogP contribution in [0.15, 0.2) is 35.5 Å². The Bertz CT molecular complexity index is 650. The average Bonchev–Trinajstić information content (AvgIpc) is 3.15. The molecule has 0 aliphatic heterocycles. The summed E-state index contributed by atoms with van der Waals surface area (Å²) >= 11 is 3.09. The Labute approximate surface area is 136 Å². The van der Waals surface area contributed by atoms with Gasteiger partial charge in [0.05, 0.1) is 17.0 Å². The van der Waals surface area contributed by atoms with Crippen LogP contribution in [-0.2, 0) is 20.7 Å². The molecule has 0 spiro atoms. The van der Waals surface area contributed by atoms with Crippen LogP contribution < -0.4 is 5.32 Å². The van der Waals surface area contributed by atoms with Crippen molar-refractivity contribution in [3.05, 3.63) is 41.2 Å². The summed E-state index contributed by atoms with van der Waals surface area (Å²) in [5, 5.41) is 7.27. The van der Waals surface area contributed by atoms with Crippen molar-refractivity contribution in [1.82, 2.24) is 10.3 Å². The standard InChI is InChI=1S/C15H16N2O3S2/c1-3-6-16-14(19)10(2)20-13(18)8-11-9-22-15(17-11)12-5-4-7-21-12/h3-5,7,9-10H,1,6,8H2,2H3,(H,16,19). The van der Waals surface area contributed by atoms with E-state index in [0.29, 0.717) is 12.2 Å². The Morgan fingerprint density at radius 1 is 1.50 bits per heavy atom. The van der Waals surface area contributed by atoms with Crippen molar-refractivity contribution in [1.29, 1.82) is 0 Å². The van der Waals surface area contributed by atoms with E-state index >= 15 is 0 Å². The second kappa shape index (κ2) is 7.86. The Morgan fingerprint density at radius 2 is 2.32 bits per heavy atom. The van der Waals surface area contributed by atoms with E-state index in [1.165, 1.54) is 18.3 Å². The fourth-order valence-electron chi connectivity index (χ4n) is 1.66. The summed E-state index contributed by atoms with van der Waals surface area (Å²) in [7, 11) is 0. The Kier molecular flexibility index (Phi) is 5.85. The Hall–Kier alpha value is -1.99. The molecule has 2 aromatic heterocycles. The lowest BCUT2D eigenvalue weighted by Gasteiger charge is -2.12. The Morgan fingerprint density at radius 3 is 3.00 bits per heavy atom. The van der Waals surface area contributed by atoms with Crippen LogP contribution in [0.2, 0.25) is 0 Å². The van der Waals surface area contributed by atoms with Gasteiger partial charge in [0.2, 0.25) is 0 Å². The quantitative estimate of drug-likeness (QED) is 0.623. The fourth-order valence-corrected chi connectivity index (χ4v) is 3.29. The highest BCUT2D eigenvalue weighted by Crippen LogP contribution is 2.27. The lowest BCUT2D eigenvalue weighted by molar-refractivity contribution is -0.154. The zero-order chi connectivity index (χ0) is 15.9. The number of nitrogens with one attached hydrogen (secondary N) is 1. The summed E-state index contributed by atoms with van der Waals surface area (Å²) in [6.07, 6.45) is 0.789. The molecule has 7 heteroatoms. The molecule has 2 heterocycles. The van der Waals surface area contributed by atoms with Gasteiger partial charge in [-0.25, -0.2) is 4.98 Å². The van der Waals surface area contributed by atoms with Crippen LogP contribution in [0.5, 0.6) is 0 Å². The lowest BCUT2D eigenvalue weighted by Crippen LogP contribution is -2.36. The molecule has 0 aromatic carbocycles. The maximum absolute atomic E-state index is 11.8. The first kappa shape index (κ1) is 16.4. The highest BCUT2D eigenvalue weighted by Gasteiger charge is 2.18. The highest BCUT2D eigenvalue weighted by molar-refractivity contribution is 7.20. The van der Waals surface area contributed by atoms with E-state index in [0.717, 1.165) is 9.88 Å². The number of hydrogen-bond acceptors (Lipinski definition) is 6. The van der Waals surface area contributed by atoms with Gasteiger partial charge in [0.15, 0.2) is 6.10 Å². The van der Waals surface area contributed by atoms with Crippen molar-refractivity contribution >= 4 is 34.6 Å². The number of amides is 1. The average molecular weight is 336 g/mol. The molecule has 1 unspecified atom stereocenters. The van der Waals surface area contributed by atoms with Crippen molar-refractivity contribution < 1.29 is 14.3 Å². The SMILES string of the molecule is C=CCNC(=O)C(C)OC(=O)Cc1csc(-c2cccs2)n1. The number of thiazole rings is 1. The normalized spacial score (nSPS) is 11.7. The Balaban J connectivity index is 1.87. The molecule has 1 atom stereocenters. The van der Waals surface area contributed by atoms with E-state index in [1.54, 1.807) is 17.4 Å². The largest absolute Gasteiger partial charge is 0.452 e. The van der Waals surface area contributed by atoms with Gasteiger partial charge in [-0.3, -0.25) is 9.59 Å². The van der Waals surface area contributed by atoms with E-state index < -0.39 is 12.1 Å². The minimum absolute atomic E-state index is 0.0565. The summed E-state index contributed by atoms with van der Waals surface area (Å²) in [5.41, 5.74) is 0.650. The fraction of sp³-hybridized carbons (Fsp3) is 0.267. The predicted molar refractivity (Wildman–Crippen MR) is 87.9 cm³/mol. The first-order chi connectivity index (χ1) is 10.6. The van der Waals surface area contributed by atoms with Gasteiger partial charge >= 0.3 is 5.97 Å². The van der Waals surface area contributed by atoms with Crippen molar-refractivity contribution in [3.8, 4) is 9.88 Å². The number of carbonyl (C=O) groups is 2. The van der Waals surface area contributed by atoms with Crippen LogP contribution in [0.25, 0.3) is 9.88 Å². The summed E-state index contributed by atoms with van der Waals surface area (Å²) < 4.78 is 5.10. The van der Waals surface area contributed by atoms with Gasteiger partial charge in [-0.15, -0.1) is 29.3 Å². The number of ether oxygens (including phenoxy) is 1. The number of thiophene rings is 1. The molecular formula is C15H16N2O3S2. The zero-order valence-corrected chi connectivity index (χ0v) is 13.7. The van der Waals surface area contributed by atoms with E-state index in [4.69, 9.17) is 4.74 Å². The minimum Gasteiger partial charge on any atom is -0.452 e. The molecule has 0 saturated carbocycles. The molecule has 2 rings (SSSR count). The summed E-state index contributed by atoms with van der Waals surface area (Å²) in [6.45, 7) is 5.38. The van der Waals surface area contributed by atoms with Crippen LogP contribution in [-0.4, -0.2) is 29.5 Å². The first-order valence-corrected chi connectivity index (χ1v) is 8.42. The van der Waals surface area contributed by atoms with Crippen LogP contribution >= 0.6 is 22.7 Å². The molecule has 1 amide bonds. The minimum atomic E-state index is -0.831. The first-order valence-electron chi connectivity index (χ1n) is 6.66. The maximum atomic E-state index is 11.8. The van der Waals surface area contributed by atoms with Crippen molar-refractivity contribution in [3.63, 3.8) is 0 Å². The topological polar surface area (TPSA) is 68.3 Å². The summed E-state index contributed by atoms with van der Waals surface area (Å²) in [5.74, 6) is -0.810. The molecule has 5 nitrogen and oxygen atoms in total. The van der Waals surface area contributed by atoms with E-state index in [9.17, 15) is 9.59 Å². The second-order valence-electron chi connectivity index (χ2n) is 4.46. The van der Waals surface area contributed by atoms with E-state index in [1.807, 2.05) is 22.9 Å². The van der Waals surface area contributed by atoms with Gasteiger partial charge in [0, 0.05) is 11.9 Å².